The van der Waals surface area contributed by atoms with Crippen molar-refractivity contribution in [3.8, 4) is 0 Å². The van der Waals surface area contributed by atoms with Gasteiger partial charge in [-0.15, -0.1) is 0 Å². The number of Topliss-reactive ketones (excluding diaryl/α,β-unsaturated/α-hetero) is 1. The largest absolute Gasteiger partial charge is 0.292 e. The molecule has 1 aliphatic carbocycles. The van der Waals surface area contributed by atoms with Crippen LogP contribution in [-0.4, -0.2) is 16.2 Å². The minimum atomic E-state index is -1.27. The summed E-state index contributed by atoms with van der Waals surface area (Å²) in [6.45, 7) is 1.32. The van der Waals surface area contributed by atoms with Gasteiger partial charge in [0.25, 0.3) is 5.54 Å². The Labute approximate surface area is 99.8 Å². The molecule has 1 fully saturated rings. The molecular formula is C13H15NO3. The molecule has 1 aliphatic rings. The minimum Gasteiger partial charge on any atom is -0.292 e. The smallest absolute Gasteiger partial charge is 0.282 e. The van der Waals surface area contributed by atoms with Crippen molar-refractivity contribution in [2.24, 2.45) is 5.92 Å². The molecule has 0 amide bonds. The van der Waals surface area contributed by atoms with Crippen molar-refractivity contribution in [1.82, 2.24) is 0 Å². The zero-order valence-electron chi connectivity index (χ0n) is 9.76. The summed E-state index contributed by atoms with van der Waals surface area (Å²) in [6.07, 6.45) is 1.92. The van der Waals surface area contributed by atoms with Crippen LogP contribution in [0, 0.1) is 16.0 Å². The Morgan fingerprint density at radius 1 is 1.47 bits per heavy atom. The molecule has 4 heteroatoms. The summed E-state index contributed by atoms with van der Waals surface area (Å²) in [5, 5.41) is 10.9. The molecule has 2 atom stereocenters. The third-order valence-electron chi connectivity index (χ3n) is 3.63. The highest BCUT2D eigenvalue weighted by Gasteiger charge is 2.69. The first-order chi connectivity index (χ1) is 8.07. The highest BCUT2D eigenvalue weighted by molar-refractivity contribution is 5.88. The van der Waals surface area contributed by atoms with E-state index in [0.717, 1.165) is 6.42 Å². The van der Waals surface area contributed by atoms with E-state index in [4.69, 9.17) is 0 Å². The van der Waals surface area contributed by atoms with Crippen molar-refractivity contribution in [2.75, 3.05) is 0 Å². The average molecular weight is 233 g/mol. The van der Waals surface area contributed by atoms with Gasteiger partial charge in [0, 0.05) is 24.2 Å². The predicted molar refractivity (Wildman–Crippen MR) is 63.3 cm³/mol. The van der Waals surface area contributed by atoms with Crippen LogP contribution in [-0.2, 0) is 11.2 Å². The number of carbonyl (C=O) groups is 1. The van der Waals surface area contributed by atoms with Crippen LogP contribution in [0.25, 0.3) is 0 Å². The van der Waals surface area contributed by atoms with Gasteiger partial charge >= 0.3 is 0 Å². The van der Waals surface area contributed by atoms with E-state index in [9.17, 15) is 14.9 Å². The van der Waals surface area contributed by atoms with E-state index in [0.29, 0.717) is 12.8 Å². The molecule has 1 unspecified atom stereocenters. The third kappa shape index (κ3) is 2.07. The van der Waals surface area contributed by atoms with Crippen molar-refractivity contribution in [2.45, 2.75) is 31.7 Å². The first-order valence-corrected chi connectivity index (χ1v) is 5.77. The number of ketones is 1. The SMILES string of the molecule is CC(=O)[C@]1([N+](=O)[O-])CC1CCc1ccccc1. The molecule has 0 aromatic heterocycles. The monoisotopic (exact) mass is 233 g/mol. The van der Waals surface area contributed by atoms with Crippen LogP contribution in [0.15, 0.2) is 30.3 Å². The molecule has 0 saturated heterocycles. The van der Waals surface area contributed by atoms with Crippen LogP contribution < -0.4 is 0 Å². The first-order valence-electron chi connectivity index (χ1n) is 5.77. The minimum absolute atomic E-state index is 0.0878. The number of aryl methyl sites for hydroxylation is 1. The van der Waals surface area contributed by atoms with Crippen LogP contribution in [0.4, 0.5) is 0 Å². The Morgan fingerprint density at radius 3 is 2.59 bits per heavy atom. The van der Waals surface area contributed by atoms with Crippen molar-refractivity contribution >= 4 is 5.78 Å². The molecule has 1 saturated carbocycles. The summed E-state index contributed by atoms with van der Waals surface area (Å²) >= 11 is 0. The number of rotatable bonds is 5. The van der Waals surface area contributed by atoms with Gasteiger partial charge in [-0.2, -0.15) is 0 Å². The average Bonchev–Trinajstić information content (AvgIpc) is 3.03. The third-order valence-corrected chi connectivity index (χ3v) is 3.63. The Hall–Kier alpha value is -1.71. The molecule has 0 aliphatic heterocycles. The molecule has 0 bridgehead atoms. The van der Waals surface area contributed by atoms with Gasteiger partial charge in [0.05, 0.1) is 0 Å². The highest BCUT2D eigenvalue weighted by Crippen LogP contribution is 2.49. The van der Waals surface area contributed by atoms with Gasteiger partial charge in [0.2, 0.25) is 5.78 Å². The highest BCUT2D eigenvalue weighted by atomic mass is 16.6. The van der Waals surface area contributed by atoms with E-state index in [1.165, 1.54) is 12.5 Å². The Kier molecular flexibility index (Phi) is 2.96. The summed E-state index contributed by atoms with van der Waals surface area (Å²) in [4.78, 5) is 21.9. The van der Waals surface area contributed by atoms with E-state index in [1.54, 1.807) is 0 Å². The number of benzene rings is 1. The fourth-order valence-electron chi connectivity index (χ4n) is 2.43. The fourth-order valence-corrected chi connectivity index (χ4v) is 2.43. The van der Waals surface area contributed by atoms with Crippen LogP contribution in [0.5, 0.6) is 0 Å². The Balaban J connectivity index is 1.95. The zero-order valence-corrected chi connectivity index (χ0v) is 9.76. The molecule has 0 radical (unpaired) electrons. The molecule has 0 spiro atoms. The molecule has 0 N–H and O–H groups in total. The Bertz CT molecular complexity index is 427. The lowest BCUT2D eigenvalue weighted by atomic mass is 10.0. The quantitative estimate of drug-likeness (QED) is 0.578. The molecule has 90 valence electrons. The van der Waals surface area contributed by atoms with Crippen molar-refractivity contribution in [3.63, 3.8) is 0 Å². The van der Waals surface area contributed by atoms with Gasteiger partial charge < -0.3 is 0 Å². The number of nitrogens with zero attached hydrogens (tertiary/aromatic N) is 1. The van der Waals surface area contributed by atoms with Gasteiger partial charge in [-0.25, -0.2) is 0 Å². The van der Waals surface area contributed by atoms with Crippen molar-refractivity contribution in [1.29, 1.82) is 0 Å². The number of hydrogen-bond donors (Lipinski definition) is 0. The molecule has 1 aromatic rings. The van der Waals surface area contributed by atoms with Crippen LogP contribution in [0.2, 0.25) is 0 Å². The first kappa shape index (κ1) is 11.8. The van der Waals surface area contributed by atoms with Crippen LogP contribution in [0.1, 0.15) is 25.3 Å². The second kappa shape index (κ2) is 4.28. The lowest BCUT2D eigenvalue weighted by molar-refractivity contribution is -0.526. The van der Waals surface area contributed by atoms with E-state index < -0.39 is 10.5 Å². The maximum Gasteiger partial charge on any atom is 0.282 e. The normalized spacial score (nSPS) is 26.5. The number of nitro groups is 1. The van der Waals surface area contributed by atoms with Gasteiger partial charge in [-0.3, -0.25) is 14.9 Å². The second-order valence-electron chi connectivity index (χ2n) is 4.66. The van der Waals surface area contributed by atoms with Gasteiger partial charge in [0.15, 0.2) is 0 Å². The van der Waals surface area contributed by atoms with E-state index in [-0.39, 0.29) is 11.7 Å². The molecule has 17 heavy (non-hydrogen) atoms. The second-order valence-corrected chi connectivity index (χ2v) is 4.66. The zero-order chi connectivity index (χ0) is 12.5. The van der Waals surface area contributed by atoms with Gasteiger partial charge in [0.1, 0.15) is 0 Å². The molecular weight excluding hydrogens is 218 g/mol. The molecule has 1 aromatic carbocycles. The Morgan fingerprint density at radius 2 is 2.12 bits per heavy atom. The maximum absolute atomic E-state index is 11.3. The predicted octanol–water partition coefficient (Wildman–Crippen LogP) is 2.24. The summed E-state index contributed by atoms with van der Waals surface area (Å²) in [7, 11) is 0. The van der Waals surface area contributed by atoms with Crippen molar-refractivity contribution in [3.05, 3.63) is 46.0 Å². The van der Waals surface area contributed by atoms with E-state index in [2.05, 4.69) is 0 Å². The summed E-state index contributed by atoms with van der Waals surface area (Å²) in [5.74, 6) is -0.393. The standard InChI is InChI=1S/C13H15NO3/c1-10(15)13(14(16)17)9-12(13)8-7-11-5-3-2-4-6-11/h2-6,12H,7-9H2,1H3/t12?,13-/m1/s1. The molecule has 4 nitrogen and oxygen atoms in total. The summed E-state index contributed by atoms with van der Waals surface area (Å²) < 4.78 is 0. The number of carbonyl (C=O) groups excluding carboxylic acids is 1. The fraction of sp³-hybridized carbons (Fsp3) is 0.462. The van der Waals surface area contributed by atoms with Crippen LogP contribution in [0.3, 0.4) is 0 Å². The lowest BCUT2D eigenvalue weighted by Gasteiger charge is -2.05. The van der Waals surface area contributed by atoms with Crippen molar-refractivity contribution < 1.29 is 9.72 Å². The van der Waals surface area contributed by atoms with Gasteiger partial charge in [-0.05, 0) is 18.4 Å². The topological polar surface area (TPSA) is 60.2 Å². The summed E-state index contributed by atoms with van der Waals surface area (Å²) in [5.41, 5.74) is -0.102. The maximum atomic E-state index is 11.3. The molecule has 0 heterocycles. The van der Waals surface area contributed by atoms with E-state index in [1.807, 2.05) is 30.3 Å². The van der Waals surface area contributed by atoms with E-state index >= 15 is 0 Å². The van der Waals surface area contributed by atoms with Crippen LogP contribution >= 0.6 is 0 Å². The number of hydrogen-bond acceptors (Lipinski definition) is 3. The molecule has 2 rings (SSSR count). The van der Waals surface area contributed by atoms with Gasteiger partial charge in [-0.1, -0.05) is 30.3 Å². The lowest BCUT2D eigenvalue weighted by Crippen LogP contribution is -2.32. The summed E-state index contributed by atoms with van der Waals surface area (Å²) in [6, 6.07) is 9.85.